The van der Waals surface area contributed by atoms with Crippen LogP contribution in [0.5, 0.6) is 0 Å². The Bertz CT molecular complexity index is 106. The number of carbonyl (C=O) groups is 1. The predicted octanol–water partition coefficient (Wildman–Crippen LogP) is -1.81. The van der Waals surface area contributed by atoms with Crippen LogP contribution in [0.4, 0.5) is 0 Å². The number of hydrogen-bond donors (Lipinski definition) is 0. The second-order valence-corrected chi connectivity index (χ2v) is 1.37. The molecule has 0 saturated heterocycles. The van der Waals surface area contributed by atoms with Gasteiger partial charge in [0.2, 0.25) is 0 Å². The molecule has 4 N–H and O–H groups in total. The predicted molar refractivity (Wildman–Crippen MR) is 31.7 cm³/mol. The molecule has 0 atom stereocenters. The van der Waals surface area contributed by atoms with Crippen molar-refractivity contribution in [3.8, 4) is 0 Å². The van der Waals surface area contributed by atoms with Gasteiger partial charge in [0, 0.05) is 0 Å². The fourth-order valence-corrected chi connectivity index (χ4v) is 0.286. The molecular formula is C5H11MnO4+. The molecule has 4 nitrogen and oxygen atoms in total. The maximum Gasteiger partial charge on any atom is 2.00 e. The van der Waals surface area contributed by atoms with Gasteiger partial charge in [0.05, 0.1) is 0 Å². The van der Waals surface area contributed by atoms with Crippen LogP contribution in [0, 0.1) is 0 Å². The zero-order chi connectivity index (χ0) is 5.86. The molecule has 0 aliphatic carbocycles. The van der Waals surface area contributed by atoms with Gasteiger partial charge in [-0.3, -0.25) is 4.79 Å². The molecular weight excluding hydrogens is 179 g/mol. The molecule has 0 fully saturated rings. The van der Waals surface area contributed by atoms with E-state index in [0.717, 1.165) is 6.08 Å². The summed E-state index contributed by atoms with van der Waals surface area (Å²) >= 11 is 0. The van der Waals surface area contributed by atoms with Crippen LogP contribution in [0.3, 0.4) is 0 Å². The fraction of sp³-hybridized carbons (Fsp3) is 0.400. The van der Waals surface area contributed by atoms with E-state index in [0.29, 0.717) is 0 Å². The average Bonchev–Trinajstić information content (AvgIpc) is 1.27. The topological polar surface area (TPSA) is 103 Å². The number of allylic oxidation sites excluding steroid dienone is 2. The fourth-order valence-electron chi connectivity index (χ4n) is 0.286. The molecule has 0 rings (SSSR count). The molecule has 10 heavy (non-hydrogen) atoms. The van der Waals surface area contributed by atoms with E-state index >= 15 is 0 Å². The maximum absolute atomic E-state index is 9.98. The second kappa shape index (κ2) is 11.4. The van der Waals surface area contributed by atoms with Crippen LogP contribution in [0.1, 0.15) is 13.8 Å². The van der Waals surface area contributed by atoms with Crippen molar-refractivity contribution in [1.82, 2.24) is 0 Å². The Morgan fingerprint density at radius 2 is 1.60 bits per heavy atom. The summed E-state index contributed by atoms with van der Waals surface area (Å²) in [6.07, 6.45) is 1.06. The van der Waals surface area contributed by atoms with Gasteiger partial charge < -0.3 is 16.1 Å². The Morgan fingerprint density at radius 3 is 1.60 bits per heavy atom. The largest absolute Gasteiger partial charge is 2.00 e. The normalized spacial score (nSPS) is 8.00. The average molecular weight is 190 g/mol. The van der Waals surface area contributed by atoms with Gasteiger partial charge in [-0.15, -0.1) is 5.76 Å². The zero-order valence-corrected chi connectivity index (χ0v) is 6.95. The van der Waals surface area contributed by atoms with Gasteiger partial charge in [-0.2, -0.15) is 0 Å². The van der Waals surface area contributed by atoms with Crippen LogP contribution >= 0.6 is 0 Å². The molecule has 0 aliphatic rings. The first-order valence-corrected chi connectivity index (χ1v) is 1.99. The minimum Gasteiger partial charge on any atom is -0.876 e. The number of carbonyl (C=O) groups excluding carboxylic acids is 1. The van der Waals surface area contributed by atoms with Crippen LogP contribution in [-0.4, -0.2) is 16.7 Å². The maximum atomic E-state index is 9.98. The molecule has 0 aromatic rings. The van der Waals surface area contributed by atoms with Gasteiger partial charge in [0.15, 0.2) is 5.78 Å². The summed E-state index contributed by atoms with van der Waals surface area (Å²) in [7, 11) is 0. The molecule has 0 aromatic carbocycles. The van der Waals surface area contributed by atoms with E-state index in [1.54, 1.807) is 0 Å². The molecule has 0 aromatic heterocycles. The minimum atomic E-state index is -0.187. The van der Waals surface area contributed by atoms with Crippen LogP contribution in [-0.2, 0) is 21.9 Å². The third-order valence-electron chi connectivity index (χ3n) is 0.407. The van der Waals surface area contributed by atoms with Gasteiger partial charge in [0.25, 0.3) is 0 Å². The SMILES string of the molecule is CC(=O)/C=C(/C)[O-].O.O.[Mn+2]. The van der Waals surface area contributed by atoms with Crippen LogP contribution in [0.25, 0.3) is 0 Å². The third kappa shape index (κ3) is 25.4. The Hall–Kier alpha value is -0.351. The van der Waals surface area contributed by atoms with Crippen LogP contribution < -0.4 is 5.11 Å². The van der Waals surface area contributed by atoms with Crippen molar-refractivity contribution in [3.05, 3.63) is 11.8 Å². The van der Waals surface area contributed by atoms with Gasteiger partial charge >= 0.3 is 17.1 Å². The smallest absolute Gasteiger partial charge is 0.876 e. The molecule has 1 radical (unpaired) electrons. The number of ketones is 1. The summed E-state index contributed by atoms with van der Waals surface area (Å²) in [5, 5.41) is 9.98. The van der Waals surface area contributed by atoms with Crippen molar-refractivity contribution in [2.75, 3.05) is 0 Å². The quantitative estimate of drug-likeness (QED) is 0.276. The van der Waals surface area contributed by atoms with Crippen LogP contribution in [0.15, 0.2) is 11.8 Å². The first kappa shape index (κ1) is 22.6. The molecule has 0 saturated carbocycles. The zero-order valence-electron chi connectivity index (χ0n) is 5.77. The summed E-state index contributed by atoms with van der Waals surface area (Å²) < 4.78 is 0. The van der Waals surface area contributed by atoms with E-state index in [1.165, 1.54) is 13.8 Å². The Labute approximate surface area is 70.0 Å². The Balaban J connectivity index is -0.0000000600. The molecule has 0 bridgehead atoms. The van der Waals surface area contributed by atoms with Crippen molar-refractivity contribution < 1.29 is 37.9 Å². The Kier molecular flexibility index (Phi) is 25.9. The van der Waals surface area contributed by atoms with Gasteiger partial charge in [-0.1, -0.05) is 6.92 Å². The van der Waals surface area contributed by atoms with E-state index in [9.17, 15) is 9.90 Å². The second-order valence-electron chi connectivity index (χ2n) is 1.37. The standard InChI is InChI=1S/C5H8O2.Mn.2H2O/c1-4(6)3-5(2)7;;;/h3,6H,1-2H3;;2*1H2/q;+2;;/p-1/b4-3-;;;. The summed E-state index contributed by atoms with van der Waals surface area (Å²) in [5.41, 5.74) is 0. The summed E-state index contributed by atoms with van der Waals surface area (Å²) in [4.78, 5) is 9.98. The summed E-state index contributed by atoms with van der Waals surface area (Å²) in [6.45, 7) is 2.70. The molecule has 5 heteroatoms. The van der Waals surface area contributed by atoms with Crippen molar-refractivity contribution >= 4 is 5.78 Å². The summed E-state index contributed by atoms with van der Waals surface area (Å²) in [5.74, 6) is -0.375. The van der Waals surface area contributed by atoms with E-state index in [1.807, 2.05) is 0 Å². The monoisotopic (exact) mass is 190 g/mol. The van der Waals surface area contributed by atoms with Gasteiger partial charge in [0.1, 0.15) is 0 Å². The van der Waals surface area contributed by atoms with Crippen molar-refractivity contribution in [3.63, 3.8) is 0 Å². The first-order chi connectivity index (χ1) is 3.13. The van der Waals surface area contributed by atoms with Gasteiger partial charge in [-0.25, -0.2) is 0 Å². The first-order valence-electron chi connectivity index (χ1n) is 1.99. The number of rotatable bonds is 1. The van der Waals surface area contributed by atoms with Crippen LogP contribution in [0.2, 0.25) is 0 Å². The molecule has 0 spiro atoms. The molecule has 0 amide bonds. The minimum absolute atomic E-state index is 0. The number of hydrogen-bond acceptors (Lipinski definition) is 2. The van der Waals surface area contributed by atoms with Crippen molar-refractivity contribution in [1.29, 1.82) is 0 Å². The van der Waals surface area contributed by atoms with Crippen molar-refractivity contribution in [2.45, 2.75) is 13.8 Å². The molecule has 0 heterocycles. The molecule has 0 aliphatic heterocycles. The van der Waals surface area contributed by atoms with Gasteiger partial charge in [-0.05, 0) is 13.0 Å². The van der Waals surface area contributed by atoms with E-state index in [-0.39, 0.29) is 39.6 Å². The van der Waals surface area contributed by atoms with E-state index in [2.05, 4.69) is 0 Å². The molecule has 0 unspecified atom stereocenters. The molecule has 61 valence electrons. The summed E-state index contributed by atoms with van der Waals surface area (Å²) in [6, 6.07) is 0. The Morgan fingerprint density at radius 1 is 1.30 bits per heavy atom. The van der Waals surface area contributed by atoms with E-state index < -0.39 is 0 Å². The third-order valence-corrected chi connectivity index (χ3v) is 0.407. The van der Waals surface area contributed by atoms with E-state index in [4.69, 9.17) is 0 Å². The van der Waals surface area contributed by atoms with Crippen molar-refractivity contribution in [2.24, 2.45) is 0 Å².